The summed E-state index contributed by atoms with van der Waals surface area (Å²) in [5.74, 6) is -1.46. The number of aryl methyl sites for hydroxylation is 1. The van der Waals surface area contributed by atoms with E-state index in [1.54, 1.807) is 44.4 Å². The van der Waals surface area contributed by atoms with Gasteiger partial charge in [-0.15, -0.1) is 0 Å². The maximum absolute atomic E-state index is 13.6. The van der Waals surface area contributed by atoms with Gasteiger partial charge in [0.15, 0.2) is 0 Å². The summed E-state index contributed by atoms with van der Waals surface area (Å²) in [5.41, 5.74) is 1.72. The number of nitrogens with zero attached hydrogens (tertiary/aromatic N) is 2. The summed E-state index contributed by atoms with van der Waals surface area (Å²) in [5, 5.41) is 11.2. The Hall–Kier alpha value is -3.19. The molecular formula is C25H29FN2O4. The lowest BCUT2D eigenvalue weighted by molar-refractivity contribution is -0.140. The zero-order chi connectivity index (χ0) is 23.4. The van der Waals surface area contributed by atoms with Gasteiger partial charge in [-0.3, -0.25) is 9.59 Å². The van der Waals surface area contributed by atoms with Crippen LogP contribution in [0.3, 0.4) is 0 Å². The maximum atomic E-state index is 13.6. The van der Waals surface area contributed by atoms with Gasteiger partial charge in [-0.05, 0) is 61.5 Å². The summed E-state index contributed by atoms with van der Waals surface area (Å²) < 4.78 is 18.8. The van der Waals surface area contributed by atoms with Gasteiger partial charge in [0, 0.05) is 18.7 Å². The van der Waals surface area contributed by atoms with Gasteiger partial charge in [-0.1, -0.05) is 26.0 Å². The highest BCUT2D eigenvalue weighted by Gasteiger charge is 2.46. The van der Waals surface area contributed by atoms with Gasteiger partial charge in [0.25, 0.3) is 11.7 Å². The van der Waals surface area contributed by atoms with Crippen LogP contribution in [0.2, 0.25) is 0 Å². The third-order valence-corrected chi connectivity index (χ3v) is 5.97. The van der Waals surface area contributed by atoms with Gasteiger partial charge in [0.05, 0.1) is 18.7 Å². The Morgan fingerprint density at radius 2 is 1.78 bits per heavy atom. The van der Waals surface area contributed by atoms with E-state index in [0.717, 1.165) is 13.1 Å². The van der Waals surface area contributed by atoms with Gasteiger partial charge < -0.3 is 19.6 Å². The molecule has 1 fully saturated rings. The molecule has 1 heterocycles. The number of rotatable bonds is 8. The first kappa shape index (κ1) is 23.5. The molecule has 1 atom stereocenters. The van der Waals surface area contributed by atoms with E-state index in [4.69, 9.17) is 4.74 Å². The van der Waals surface area contributed by atoms with Crippen LogP contribution in [0.4, 0.5) is 4.39 Å². The maximum Gasteiger partial charge on any atom is 0.295 e. The van der Waals surface area contributed by atoms with Crippen molar-refractivity contribution in [2.24, 2.45) is 0 Å². The number of hydrogen-bond donors (Lipinski definition) is 1. The fourth-order valence-electron chi connectivity index (χ4n) is 4.07. The molecule has 0 aromatic heterocycles. The molecule has 2 aromatic carbocycles. The highest BCUT2D eigenvalue weighted by Crippen LogP contribution is 2.40. The number of likely N-dealkylation sites (N-methyl/N-ethyl adjacent to an activating group) is 1. The van der Waals surface area contributed by atoms with Crippen molar-refractivity contribution in [2.75, 3.05) is 33.3 Å². The fourth-order valence-corrected chi connectivity index (χ4v) is 4.07. The number of halogens is 1. The summed E-state index contributed by atoms with van der Waals surface area (Å²) >= 11 is 0. The number of benzene rings is 2. The van der Waals surface area contributed by atoms with Gasteiger partial charge >= 0.3 is 0 Å². The number of ketones is 1. The molecule has 1 saturated heterocycles. The van der Waals surface area contributed by atoms with E-state index in [-0.39, 0.29) is 11.3 Å². The molecule has 32 heavy (non-hydrogen) atoms. The molecule has 1 aliphatic rings. The van der Waals surface area contributed by atoms with Crippen LogP contribution in [-0.4, -0.2) is 59.9 Å². The van der Waals surface area contributed by atoms with Crippen LogP contribution in [0.15, 0.2) is 48.0 Å². The molecular weight excluding hydrogens is 411 g/mol. The molecule has 6 nitrogen and oxygen atoms in total. The van der Waals surface area contributed by atoms with Crippen LogP contribution in [0.5, 0.6) is 5.75 Å². The predicted molar refractivity (Wildman–Crippen MR) is 121 cm³/mol. The number of likely N-dealkylation sites (tertiary alicyclic amines) is 1. The minimum absolute atomic E-state index is 0.00872. The summed E-state index contributed by atoms with van der Waals surface area (Å²) in [6.07, 6.45) is 0. The van der Waals surface area contributed by atoms with Gasteiger partial charge in [-0.2, -0.15) is 0 Å². The summed E-state index contributed by atoms with van der Waals surface area (Å²) in [7, 11) is 1.55. The van der Waals surface area contributed by atoms with Crippen LogP contribution < -0.4 is 4.74 Å². The first-order valence-electron chi connectivity index (χ1n) is 10.7. The monoisotopic (exact) mass is 440 g/mol. The Balaban J connectivity index is 2.12. The van der Waals surface area contributed by atoms with Crippen LogP contribution in [0.1, 0.15) is 36.6 Å². The minimum atomic E-state index is -0.798. The second-order valence-corrected chi connectivity index (χ2v) is 7.75. The number of hydrogen-bond acceptors (Lipinski definition) is 5. The summed E-state index contributed by atoms with van der Waals surface area (Å²) in [6, 6.07) is 9.97. The lowest BCUT2D eigenvalue weighted by Crippen LogP contribution is -2.38. The third kappa shape index (κ3) is 4.53. The number of carbonyl (C=O) groups is 2. The van der Waals surface area contributed by atoms with Crippen molar-refractivity contribution >= 4 is 17.4 Å². The second-order valence-electron chi connectivity index (χ2n) is 7.75. The normalized spacial score (nSPS) is 17.9. The Kier molecular flexibility index (Phi) is 7.30. The molecule has 0 unspecified atom stereocenters. The highest BCUT2D eigenvalue weighted by molar-refractivity contribution is 6.46. The molecule has 0 aliphatic carbocycles. The average molecular weight is 441 g/mol. The van der Waals surface area contributed by atoms with Crippen LogP contribution >= 0.6 is 0 Å². The Bertz CT molecular complexity index is 1030. The molecule has 2 aromatic rings. The van der Waals surface area contributed by atoms with E-state index in [1.807, 2.05) is 13.8 Å². The lowest BCUT2D eigenvalue weighted by Gasteiger charge is -2.28. The Labute approximate surface area is 187 Å². The van der Waals surface area contributed by atoms with Crippen molar-refractivity contribution in [1.82, 2.24) is 9.80 Å². The fraction of sp³-hybridized carbons (Fsp3) is 0.360. The third-order valence-electron chi connectivity index (χ3n) is 5.97. The predicted octanol–water partition coefficient (Wildman–Crippen LogP) is 3.91. The average Bonchev–Trinajstić information content (AvgIpc) is 3.04. The van der Waals surface area contributed by atoms with Crippen LogP contribution in [0.25, 0.3) is 5.76 Å². The molecule has 1 amide bonds. The zero-order valence-electron chi connectivity index (χ0n) is 18.9. The SMILES string of the molecule is CCN(CC)CCN1C(=O)C(=O)/C(=C(/O)c2ccc(OC)cc2C)[C@@H]1c1ccc(F)cc1. The number of carbonyl (C=O) groups excluding carboxylic acids is 2. The second kappa shape index (κ2) is 9.96. The van der Waals surface area contributed by atoms with Crippen molar-refractivity contribution < 1.29 is 23.8 Å². The number of aliphatic hydroxyl groups excluding tert-OH is 1. The van der Waals surface area contributed by atoms with E-state index in [1.165, 1.54) is 17.0 Å². The molecule has 0 bridgehead atoms. The quantitative estimate of drug-likeness (QED) is 0.383. The van der Waals surface area contributed by atoms with Crippen molar-refractivity contribution in [2.45, 2.75) is 26.8 Å². The minimum Gasteiger partial charge on any atom is -0.507 e. The van der Waals surface area contributed by atoms with Crippen molar-refractivity contribution in [3.63, 3.8) is 0 Å². The highest BCUT2D eigenvalue weighted by atomic mass is 19.1. The van der Waals surface area contributed by atoms with Crippen LogP contribution in [0, 0.1) is 12.7 Å². The van der Waals surface area contributed by atoms with Gasteiger partial charge in [-0.25, -0.2) is 4.39 Å². The molecule has 1 N–H and O–H groups in total. The molecule has 0 radical (unpaired) electrons. The molecule has 0 saturated carbocycles. The summed E-state index contributed by atoms with van der Waals surface area (Å²) in [4.78, 5) is 29.7. The lowest BCUT2D eigenvalue weighted by atomic mass is 9.94. The first-order chi connectivity index (χ1) is 15.3. The largest absolute Gasteiger partial charge is 0.507 e. The van der Waals surface area contributed by atoms with E-state index in [9.17, 15) is 19.1 Å². The zero-order valence-corrected chi connectivity index (χ0v) is 18.9. The topological polar surface area (TPSA) is 70.1 Å². The molecule has 0 spiro atoms. The van der Waals surface area contributed by atoms with E-state index in [0.29, 0.717) is 35.5 Å². The smallest absolute Gasteiger partial charge is 0.295 e. The van der Waals surface area contributed by atoms with Crippen molar-refractivity contribution in [1.29, 1.82) is 0 Å². The number of methoxy groups -OCH3 is 1. The molecule has 170 valence electrons. The standard InChI is InChI=1S/C25H29FN2O4/c1-5-27(6-2)13-14-28-22(17-7-9-18(26)10-8-17)21(24(30)25(28)31)23(29)20-12-11-19(32-4)15-16(20)3/h7-12,15,22,29H,5-6,13-14H2,1-4H3/b23-21+/t22-/m0/s1. The van der Waals surface area contributed by atoms with E-state index >= 15 is 0 Å². The molecule has 3 rings (SSSR count). The summed E-state index contributed by atoms with van der Waals surface area (Å²) in [6.45, 7) is 8.37. The van der Waals surface area contributed by atoms with Gasteiger partial charge in [0.1, 0.15) is 17.3 Å². The van der Waals surface area contributed by atoms with Crippen molar-refractivity contribution in [3.05, 3.63) is 70.5 Å². The number of Topliss-reactive ketones (excluding diaryl/α,β-unsaturated/α-hetero) is 1. The van der Waals surface area contributed by atoms with E-state index in [2.05, 4.69) is 4.90 Å². The molecule has 7 heteroatoms. The van der Waals surface area contributed by atoms with Gasteiger partial charge in [0.2, 0.25) is 0 Å². The molecule has 1 aliphatic heterocycles. The first-order valence-corrected chi connectivity index (χ1v) is 10.7. The number of amides is 1. The Morgan fingerprint density at radius 3 is 2.34 bits per heavy atom. The van der Waals surface area contributed by atoms with Crippen molar-refractivity contribution in [3.8, 4) is 5.75 Å². The number of ether oxygens (including phenoxy) is 1. The number of aliphatic hydroxyl groups is 1. The van der Waals surface area contributed by atoms with E-state index < -0.39 is 23.5 Å². The van der Waals surface area contributed by atoms with Crippen LogP contribution in [-0.2, 0) is 9.59 Å². The Morgan fingerprint density at radius 1 is 1.12 bits per heavy atom.